The molecule has 5 heteroatoms. The van der Waals surface area contributed by atoms with E-state index in [0.29, 0.717) is 15.8 Å². The highest BCUT2D eigenvalue weighted by molar-refractivity contribution is 6.32. The molecule has 0 heterocycles. The van der Waals surface area contributed by atoms with Gasteiger partial charge in [0, 0.05) is 22.7 Å². The first kappa shape index (κ1) is 21.9. The van der Waals surface area contributed by atoms with Crippen LogP contribution in [0.4, 0.5) is 0 Å². The lowest BCUT2D eigenvalue weighted by Crippen LogP contribution is -2.28. The average molecular weight is 395 g/mol. The zero-order chi connectivity index (χ0) is 19.4. The molecule has 3 rings (SSSR count). The number of rotatable bonds is 7. The van der Waals surface area contributed by atoms with Crippen LogP contribution in [0.15, 0.2) is 18.2 Å². The minimum absolute atomic E-state index is 0.176. The highest BCUT2D eigenvalue weighted by atomic mass is 35.5. The fourth-order valence-electron chi connectivity index (χ4n) is 2.33. The summed E-state index contributed by atoms with van der Waals surface area (Å²) in [6.07, 6.45) is 6.24. The van der Waals surface area contributed by atoms with Crippen molar-refractivity contribution in [2.24, 2.45) is 5.73 Å². The molecule has 0 unspecified atom stereocenters. The average Bonchev–Trinajstić information content (AvgIpc) is 3.45. The molecule has 3 N–H and O–H groups in total. The molecule has 3 nitrogen and oxygen atoms in total. The fourth-order valence-corrected chi connectivity index (χ4v) is 3.35. The van der Waals surface area contributed by atoms with E-state index in [1.165, 1.54) is 31.2 Å². The summed E-state index contributed by atoms with van der Waals surface area (Å²) in [5.74, 6) is 0. The normalized spacial score (nSPS) is 17.7. The zero-order valence-electron chi connectivity index (χ0n) is 17.0. The Morgan fingerprint density at radius 3 is 2.27 bits per heavy atom. The second-order valence-corrected chi connectivity index (χ2v) is 11.4. The Morgan fingerprint density at radius 1 is 1.15 bits per heavy atom. The van der Waals surface area contributed by atoms with E-state index in [9.17, 15) is 0 Å². The van der Waals surface area contributed by atoms with E-state index in [1.807, 2.05) is 6.07 Å². The highest BCUT2D eigenvalue weighted by Gasteiger charge is 2.27. The molecule has 0 saturated heterocycles. The molecule has 1 aromatic carbocycles. The van der Waals surface area contributed by atoms with E-state index in [2.05, 4.69) is 52.1 Å². The molecular weight excluding hydrogens is 360 g/mol. The molecule has 2 aliphatic carbocycles. The maximum absolute atomic E-state index is 6.43. The maximum atomic E-state index is 6.43. The lowest BCUT2D eigenvalue weighted by molar-refractivity contribution is 0.109. The smallest absolute Gasteiger partial charge is 0.236 e. The van der Waals surface area contributed by atoms with E-state index in [0.717, 1.165) is 29.6 Å². The van der Waals surface area contributed by atoms with Gasteiger partial charge in [-0.15, -0.1) is 0 Å². The lowest BCUT2D eigenvalue weighted by atomic mass is 9.95. The van der Waals surface area contributed by atoms with Gasteiger partial charge < -0.3 is 15.5 Å². The van der Waals surface area contributed by atoms with Crippen molar-refractivity contribution in [2.75, 3.05) is 6.54 Å². The summed E-state index contributed by atoms with van der Waals surface area (Å²) in [5, 5.41) is 4.53. The molecular formula is C21H35ClN2OSi. The maximum Gasteiger partial charge on any atom is 0.236 e. The van der Waals surface area contributed by atoms with Crippen molar-refractivity contribution in [3.63, 3.8) is 0 Å². The molecule has 0 amide bonds. The first-order chi connectivity index (χ1) is 12.1. The Balaban J connectivity index is 0.000000534. The van der Waals surface area contributed by atoms with E-state index >= 15 is 0 Å². The van der Waals surface area contributed by atoms with Gasteiger partial charge in [0.2, 0.25) is 9.76 Å². The van der Waals surface area contributed by atoms with Crippen molar-refractivity contribution in [2.45, 2.75) is 89.4 Å². The van der Waals surface area contributed by atoms with Crippen LogP contribution in [-0.4, -0.2) is 28.4 Å². The molecule has 0 bridgehead atoms. The van der Waals surface area contributed by atoms with Crippen molar-refractivity contribution >= 4 is 21.4 Å². The third-order valence-electron chi connectivity index (χ3n) is 4.34. The third kappa shape index (κ3) is 8.53. The van der Waals surface area contributed by atoms with Crippen LogP contribution in [0.3, 0.4) is 0 Å². The summed E-state index contributed by atoms with van der Waals surface area (Å²) in [6, 6.07) is 7.70. The zero-order valence-corrected chi connectivity index (χ0v) is 18.7. The summed E-state index contributed by atoms with van der Waals surface area (Å²) in [6.45, 7) is 11.9. The van der Waals surface area contributed by atoms with Crippen molar-refractivity contribution < 1.29 is 4.43 Å². The Bertz CT molecular complexity index is 578. The van der Waals surface area contributed by atoms with Gasteiger partial charge in [-0.3, -0.25) is 0 Å². The molecule has 2 saturated carbocycles. The molecule has 0 aromatic heterocycles. The topological polar surface area (TPSA) is 47.3 Å². The molecule has 0 aliphatic heterocycles. The lowest BCUT2D eigenvalue weighted by Gasteiger charge is -2.30. The van der Waals surface area contributed by atoms with Crippen molar-refractivity contribution in [3.05, 3.63) is 34.3 Å². The van der Waals surface area contributed by atoms with Crippen molar-refractivity contribution in [1.82, 2.24) is 5.32 Å². The molecule has 26 heavy (non-hydrogen) atoms. The number of nitrogens with two attached hydrogens (primary N) is 1. The molecule has 146 valence electrons. The van der Waals surface area contributed by atoms with Crippen molar-refractivity contribution in [1.29, 1.82) is 0 Å². The summed E-state index contributed by atoms with van der Waals surface area (Å²) >= 11 is 6.43. The molecule has 0 atom stereocenters. The number of benzene rings is 1. The first-order valence-corrected chi connectivity index (χ1v) is 11.1. The third-order valence-corrected chi connectivity index (χ3v) is 5.89. The SMILES string of the molecule is CC(C)(C)[Si]OC(C)(C)c1cc(CCNC2CC2)ccc1Cl.NC1CC1. The second kappa shape index (κ2) is 9.20. The van der Waals surface area contributed by atoms with Crippen LogP contribution in [0.2, 0.25) is 10.1 Å². The Morgan fingerprint density at radius 2 is 1.77 bits per heavy atom. The van der Waals surface area contributed by atoms with E-state index < -0.39 is 0 Å². The van der Waals surface area contributed by atoms with Gasteiger partial charge in [0.25, 0.3) is 0 Å². The van der Waals surface area contributed by atoms with Gasteiger partial charge in [-0.25, -0.2) is 0 Å². The summed E-state index contributed by atoms with van der Waals surface area (Å²) in [7, 11) is 0.446. The number of hydrogen-bond acceptors (Lipinski definition) is 3. The second-order valence-electron chi connectivity index (χ2n) is 9.09. The van der Waals surface area contributed by atoms with Gasteiger partial charge in [-0.1, -0.05) is 44.5 Å². The largest absolute Gasteiger partial charge is 0.408 e. The molecule has 2 fully saturated rings. The van der Waals surface area contributed by atoms with Gasteiger partial charge in [0.1, 0.15) is 0 Å². The summed E-state index contributed by atoms with van der Waals surface area (Å²) < 4.78 is 6.20. The van der Waals surface area contributed by atoms with Crippen LogP contribution >= 0.6 is 11.6 Å². The standard InChI is InChI=1S/C18H28ClNOSi.C3H7N/c1-17(2,3)22-21-18(4,5)15-12-13(6-9-16(15)19)10-11-20-14-7-8-14;4-3-1-2-3/h6,9,12,14,20H,7-8,10-11H2,1-5H3;3H,1-2,4H2. The van der Waals surface area contributed by atoms with Crippen LogP contribution in [0.5, 0.6) is 0 Å². The fraction of sp³-hybridized carbons (Fsp3) is 0.714. The van der Waals surface area contributed by atoms with Gasteiger partial charge in [0.15, 0.2) is 0 Å². The molecule has 2 radical (unpaired) electrons. The minimum Gasteiger partial charge on any atom is -0.408 e. The van der Waals surface area contributed by atoms with E-state index in [4.69, 9.17) is 21.8 Å². The van der Waals surface area contributed by atoms with Gasteiger partial charge >= 0.3 is 0 Å². The summed E-state index contributed by atoms with van der Waals surface area (Å²) in [4.78, 5) is 0. The Hall–Kier alpha value is -0.393. The highest BCUT2D eigenvalue weighted by Crippen LogP contribution is 2.34. The Kier molecular flexibility index (Phi) is 7.75. The van der Waals surface area contributed by atoms with E-state index in [1.54, 1.807) is 0 Å². The summed E-state index contributed by atoms with van der Waals surface area (Å²) in [5.41, 5.74) is 7.28. The molecule has 0 spiro atoms. The van der Waals surface area contributed by atoms with Crippen LogP contribution in [-0.2, 0) is 16.4 Å². The van der Waals surface area contributed by atoms with Crippen LogP contribution in [0, 0.1) is 0 Å². The van der Waals surface area contributed by atoms with Gasteiger partial charge in [0.05, 0.1) is 5.60 Å². The Labute approximate surface area is 167 Å². The predicted octanol–water partition coefficient (Wildman–Crippen LogP) is 4.83. The number of halogens is 1. The van der Waals surface area contributed by atoms with Crippen LogP contribution in [0.1, 0.15) is 71.4 Å². The van der Waals surface area contributed by atoms with Crippen LogP contribution < -0.4 is 11.1 Å². The molecule has 2 aliphatic rings. The monoisotopic (exact) mass is 394 g/mol. The van der Waals surface area contributed by atoms with Crippen molar-refractivity contribution in [3.8, 4) is 0 Å². The first-order valence-electron chi connectivity index (χ1n) is 9.80. The molecule has 1 aromatic rings. The predicted molar refractivity (Wildman–Crippen MR) is 113 cm³/mol. The van der Waals surface area contributed by atoms with Gasteiger partial charge in [-0.2, -0.15) is 0 Å². The number of hydrogen-bond donors (Lipinski definition) is 2. The van der Waals surface area contributed by atoms with Gasteiger partial charge in [-0.05, 0) is 69.2 Å². The van der Waals surface area contributed by atoms with E-state index in [-0.39, 0.29) is 10.6 Å². The number of nitrogens with one attached hydrogen (secondary N) is 1. The quantitative estimate of drug-likeness (QED) is 0.651. The van der Waals surface area contributed by atoms with Crippen LogP contribution in [0.25, 0.3) is 0 Å². The minimum atomic E-state index is -0.358.